The van der Waals surface area contributed by atoms with E-state index in [0.29, 0.717) is 65.1 Å². The molecule has 622 valence electrons. The summed E-state index contributed by atoms with van der Waals surface area (Å²) in [4.78, 5) is 52.1. The van der Waals surface area contributed by atoms with Crippen LogP contribution in [-0.2, 0) is 70.4 Å². The van der Waals surface area contributed by atoms with Crippen LogP contribution in [0.25, 0.3) is 0 Å². The Morgan fingerprint density at radius 1 is 0.474 bits per heavy atom. The summed E-state index contributed by atoms with van der Waals surface area (Å²) < 4.78 is 22.7. The van der Waals surface area contributed by atoms with Crippen LogP contribution in [0.4, 0.5) is 0 Å². The van der Waals surface area contributed by atoms with Gasteiger partial charge in [0.2, 0.25) is 5.88 Å². The number of hydrogen-bond acceptors (Lipinski definition) is 11. The Kier molecular flexibility index (Phi) is 35.3. The fourth-order valence-electron chi connectivity index (χ4n) is 13.2. The Balaban J connectivity index is 0.000000207. The van der Waals surface area contributed by atoms with Crippen LogP contribution >= 0.6 is 0 Å². The van der Waals surface area contributed by atoms with Crippen LogP contribution in [0.5, 0.6) is 23.1 Å². The van der Waals surface area contributed by atoms with E-state index >= 15 is 0 Å². The number of benzene rings is 5. The molecule has 11 nitrogen and oxygen atoms in total. The van der Waals surface area contributed by atoms with Crippen molar-refractivity contribution in [1.82, 2.24) is 19.9 Å². The zero-order chi connectivity index (χ0) is 85.9. The minimum Gasteiger partial charge on any atom is -0.493 e. The van der Waals surface area contributed by atoms with Crippen LogP contribution in [-0.4, -0.2) is 50.5 Å². The van der Waals surface area contributed by atoms with E-state index in [2.05, 4.69) is 265 Å². The van der Waals surface area contributed by atoms with Crippen LogP contribution in [0.3, 0.4) is 0 Å². The lowest BCUT2D eigenvalue weighted by Gasteiger charge is -2.34. The van der Waals surface area contributed by atoms with Gasteiger partial charge in [0, 0.05) is 110 Å². The number of furan rings is 1. The van der Waals surface area contributed by atoms with Gasteiger partial charge in [-0.1, -0.05) is 281 Å². The van der Waals surface area contributed by atoms with Crippen LogP contribution in [0.15, 0.2) is 218 Å². The molecule has 0 fully saturated rings. The number of ketones is 3. The van der Waals surface area contributed by atoms with Crippen molar-refractivity contribution in [3.05, 3.63) is 297 Å². The molecule has 13 rings (SSSR count). The van der Waals surface area contributed by atoms with Crippen molar-refractivity contribution in [2.75, 3.05) is 13.2 Å². The second-order valence-corrected chi connectivity index (χ2v) is 39.7. The summed E-state index contributed by atoms with van der Waals surface area (Å²) >= 11 is 0. The zero-order valence-corrected chi connectivity index (χ0v) is 75.6. The van der Waals surface area contributed by atoms with Crippen molar-refractivity contribution in [1.29, 1.82) is 0 Å². The first-order chi connectivity index (χ1) is 54.1. The molecule has 116 heavy (non-hydrogen) atoms. The van der Waals surface area contributed by atoms with Crippen molar-refractivity contribution >= 4 is 17.3 Å². The minimum atomic E-state index is -0.0122. The molecule has 1 unspecified atom stereocenters. The van der Waals surface area contributed by atoms with E-state index in [1.54, 1.807) is 18.5 Å². The van der Waals surface area contributed by atoms with Gasteiger partial charge in [-0.3, -0.25) is 29.3 Å². The summed E-state index contributed by atoms with van der Waals surface area (Å²) in [5.41, 5.74) is 16.9. The topological polar surface area (TPSA) is 144 Å². The number of aromatic nitrogens is 4. The quantitative estimate of drug-likeness (QED) is 0.114. The first-order valence-corrected chi connectivity index (χ1v) is 41.9. The largest absolute Gasteiger partial charge is 0.493 e. The Morgan fingerprint density at radius 3 is 1.63 bits per heavy atom. The Morgan fingerprint density at radius 2 is 1.08 bits per heavy atom. The van der Waals surface area contributed by atoms with E-state index in [9.17, 15) is 14.4 Å². The molecule has 0 saturated heterocycles. The lowest BCUT2D eigenvalue weighted by molar-refractivity contribution is -0.118. The van der Waals surface area contributed by atoms with Crippen molar-refractivity contribution in [2.45, 2.75) is 278 Å². The van der Waals surface area contributed by atoms with Crippen molar-refractivity contribution in [3.63, 3.8) is 0 Å². The molecule has 5 aromatic heterocycles. The maximum atomic E-state index is 12.1. The average Bonchev–Trinajstić information content (AvgIpc) is 1.63. The lowest BCUT2D eigenvalue weighted by Crippen LogP contribution is -2.31. The molecule has 2 aliphatic heterocycles. The van der Waals surface area contributed by atoms with Gasteiger partial charge in [-0.05, 0) is 189 Å². The summed E-state index contributed by atoms with van der Waals surface area (Å²) in [5.74, 6) is 6.84. The van der Waals surface area contributed by atoms with Crippen LogP contribution < -0.4 is 14.2 Å². The number of hydrogen-bond donors (Lipinski definition) is 0. The predicted octanol–water partition coefficient (Wildman–Crippen LogP) is 27.0. The number of carbonyl (C=O) groups is 3. The monoisotopic (exact) mass is 1570 g/mol. The molecule has 0 saturated carbocycles. The zero-order valence-electron chi connectivity index (χ0n) is 75.6. The van der Waals surface area contributed by atoms with Gasteiger partial charge >= 0.3 is 0 Å². The number of rotatable bonds is 11. The van der Waals surface area contributed by atoms with Gasteiger partial charge in [-0.2, -0.15) is 0 Å². The van der Waals surface area contributed by atoms with Gasteiger partial charge in [-0.25, -0.2) is 4.98 Å². The van der Waals surface area contributed by atoms with Gasteiger partial charge in [0.15, 0.2) is 11.6 Å². The second-order valence-electron chi connectivity index (χ2n) is 39.7. The Bertz CT molecular complexity index is 4600. The normalized spacial score (nSPS) is 13.7. The first kappa shape index (κ1) is 95.2. The highest BCUT2D eigenvalue weighted by molar-refractivity contribution is 5.99. The van der Waals surface area contributed by atoms with Crippen LogP contribution in [0, 0.1) is 36.0 Å². The molecule has 11 heteroatoms. The van der Waals surface area contributed by atoms with Gasteiger partial charge in [0.25, 0.3) is 0 Å². The molecular weight excluding hydrogens is 1430 g/mol. The van der Waals surface area contributed by atoms with E-state index in [0.717, 1.165) is 115 Å². The summed E-state index contributed by atoms with van der Waals surface area (Å²) in [6.07, 6.45) is 20.5. The highest BCUT2D eigenvalue weighted by Gasteiger charge is 2.32. The molecule has 0 amide bonds. The molecule has 0 N–H and O–H groups in total. The number of fused-ring (bicyclic) bond motifs is 3. The van der Waals surface area contributed by atoms with Gasteiger partial charge in [0.05, 0.1) is 18.8 Å². The fourth-order valence-corrected chi connectivity index (χ4v) is 13.2. The second kappa shape index (κ2) is 43.0. The summed E-state index contributed by atoms with van der Waals surface area (Å²) in [7, 11) is 0. The summed E-state index contributed by atoms with van der Waals surface area (Å²) in [5, 5.41) is 0. The van der Waals surface area contributed by atoms with Crippen molar-refractivity contribution in [3.8, 4) is 23.1 Å². The van der Waals surface area contributed by atoms with Crippen LogP contribution in [0.1, 0.15) is 292 Å². The molecule has 0 spiro atoms. The fraction of sp³-hybridized carbons (Fsp3) is 0.457. The third-order valence-corrected chi connectivity index (χ3v) is 20.2. The van der Waals surface area contributed by atoms with Crippen molar-refractivity contribution < 1.29 is 33.0 Å². The molecule has 5 aromatic carbocycles. The van der Waals surface area contributed by atoms with Gasteiger partial charge in [0.1, 0.15) is 34.6 Å². The highest BCUT2D eigenvalue weighted by atomic mass is 16.5. The Hall–Kier alpha value is -9.61. The average molecular weight is 1570 g/mol. The first-order valence-electron chi connectivity index (χ1n) is 41.9. The van der Waals surface area contributed by atoms with E-state index in [1.165, 1.54) is 38.9 Å². The number of aryl methyl sites for hydroxylation is 2. The Labute approximate surface area is 699 Å². The maximum absolute atomic E-state index is 12.1. The summed E-state index contributed by atoms with van der Waals surface area (Å²) in [6, 6.07) is 58.7. The molecule has 10 aromatic rings. The SMILES string of the molecule is CC(C)(C)C1COc2ccccc2C1.CC(C)(C)CCCC(=O)Cc1ccccc1.CC(C)(C)c1ccc(Oc2ccccc2)nc1.CC(C)(C)c1ccc2c(c1)CCO2.CC(C)(C)c1cccc(CC(=O)c2cccnc2)c1.CC(C)(C)c1ccncc1.Cc1c(C(C)(C)C)oc2c1C(=O)CCC2.Cc1ccc(CC(C)(C)C)cn1. The van der Waals surface area contributed by atoms with E-state index in [4.69, 9.17) is 18.6 Å². The van der Waals surface area contributed by atoms with E-state index in [1.807, 2.05) is 130 Å². The van der Waals surface area contributed by atoms with Crippen molar-refractivity contribution in [2.24, 2.45) is 22.2 Å². The number of ether oxygens (including phenoxy) is 3. The highest BCUT2D eigenvalue weighted by Crippen LogP contribution is 2.38. The lowest BCUT2D eigenvalue weighted by atomic mass is 9.77. The molecule has 1 atom stereocenters. The maximum Gasteiger partial charge on any atom is 0.219 e. The third kappa shape index (κ3) is 33.9. The molecule has 1 aliphatic carbocycles. The predicted molar refractivity (Wildman–Crippen MR) is 483 cm³/mol. The van der Waals surface area contributed by atoms with Crippen LogP contribution in [0.2, 0.25) is 0 Å². The number of nitrogens with zero attached hydrogens (tertiary/aromatic N) is 4. The molecule has 0 radical (unpaired) electrons. The minimum absolute atomic E-state index is 0.0122. The van der Waals surface area contributed by atoms with E-state index in [-0.39, 0.29) is 38.6 Å². The molecule has 3 aliphatic rings. The number of Topliss-reactive ketones (excluding diaryl/α,β-unsaturated/α-hetero) is 3. The van der Waals surface area contributed by atoms with E-state index < -0.39 is 0 Å². The number of carbonyl (C=O) groups excluding carboxylic acids is 3. The van der Waals surface area contributed by atoms with Gasteiger partial charge < -0.3 is 18.6 Å². The smallest absolute Gasteiger partial charge is 0.219 e. The summed E-state index contributed by atoms with van der Waals surface area (Å²) in [6.45, 7) is 58.7. The number of para-hydroxylation sites is 2. The molecule has 7 heterocycles. The van der Waals surface area contributed by atoms with Gasteiger partial charge in [-0.15, -0.1) is 0 Å². The standard InChI is InChI=1S/C17H19NO.C15H17NO.C15H22O.C13H18O2.C13H18O.C12H16O.C11H17N.C9H13N/c1-17(2,3)15-8-4-6-13(10-15)11-16(19)14-7-5-9-18-12-14;1-15(2,3)12-9-10-14(16-11-12)17-13-7-5-4-6-8-13;1-15(2,3)11-7-10-14(16)12-13-8-5-4-6-9-13;1-8-11-9(14)6-5-7-10(11)15-12(8)13(2,3)4;1-13(2,3)11-8-10-6-4-5-7-12(10)14-9-11;1-12(2,3)10-4-5-11-9(8-10)6-7-13-11;1-9-5-6-10(8-12-9)7-11(2,3)4;1-9(2,3)8-4-6-10-7-5-8/h4-10,12H,11H2,1-3H3;4-11H,1-3H3;4-6,8-9H,7,10-12H2,1-3H3;5-7H2,1-4H3;4-7,11H,8-9H2,1-3H3;4-5,8H,6-7H2,1-3H3;5-6,8H,7H2,1-4H3;4-7H,1-3H3. The number of pyridine rings is 4. The molecule has 0 bridgehead atoms. The molecular formula is C105H140N4O7. The third-order valence-electron chi connectivity index (χ3n) is 20.2.